The molecule has 1 amide bonds. The highest BCUT2D eigenvalue weighted by Crippen LogP contribution is 2.34. The highest BCUT2D eigenvalue weighted by molar-refractivity contribution is 7.82. The van der Waals surface area contributed by atoms with E-state index in [1.807, 2.05) is 19.1 Å². The Morgan fingerprint density at radius 1 is 1.18 bits per heavy atom. The molecule has 8 heteroatoms. The second kappa shape index (κ2) is 7.97. The van der Waals surface area contributed by atoms with Gasteiger partial charge in [0.1, 0.15) is 11.0 Å². The molecule has 150 valence electrons. The first-order chi connectivity index (χ1) is 13.2. The molecule has 1 aliphatic rings. The third kappa shape index (κ3) is 4.56. The van der Waals surface area contributed by atoms with E-state index in [4.69, 9.17) is 0 Å². The number of rotatable bonds is 5. The average Bonchev–Trinajstić information content (AvgIpc) is 3.02. The number of carbonyl (C=O) groups is 1. The number of halogens is 2. The van der Waals surface area contributed by atoms with Crippen LogP contribution < -0.4 is 10.2 Å². The Hall–Kier alpha value is -2.32. The van der Waals surface area contributed by atoms with Crippen LogP contribution in [0.4, 0.5) is 20.2 Å². The van der Waals surface area contributed by atoms with E-state index in [2.05, 4.69) is 5.32 Å². The van der Waals surface area contributed by atoms with Crippen LogP contribution in [0.2, 0.25) is 0 Å². The number of alkyl halides is 2. The van der Waals surface area contributed by atoms with Crippen molar-refractivity contribution in [1.82, 2.24) is 4.31 Å². The van der Waals surface area contributed by atoms with Gasteiger partial charge in [-0.2, -0.15) is 0 Å². The van der Waals surface area contributed by atoms with Gasteiger partial charge in [0.25, 0.3) is 11.8 Å². The third-order valence-corrected chi connectivity index (χ3v) is 5.89. The maximum atomic E-state index is 13.7. The topological polar surface area (TPSA) is 52.7 Å². The molecule has 1 fully saturated rings. The van der Waals surface area contributed by atoms with Gasteiger partial charge in [-0.05, 0) is 51.4 Å². The molecule has 1 unspecified atom stereocenters. The Bertz CT molecular complexity index is 901. The van der Waals surface area contributed by atoms with Crippen molar-refractivity contribution in [3.8, 4) is 0 Å². The van der Waals surface area contributed by atoms with Crippen molar-refractivity contribution in [2.45, 2.75) is 24.2 Å². The number of hydrogen-bond donors (Lipinski definition) is 1. The smallest absolute Gasteiger partial charge is 0.266 e. The highest BCUT2D eigenvalue weighted by atomic mass is 32.2. The zero-order chi connectivity index (χ0) is 20.5. The maximum Gasteiger partial charge on any atom is 0.266 e. The Kier molecular flexibility index (Phi) is 5.81. The molecule has 0 radical (unpaired) electrons. The number of benzene rings is 2. The lowest BCUT2D eigenvalue weighted by atomic mass is 10.1. The molecule has 0 spiro atoms. The number of anilines is 2. The predicted octanol–water partition coefficient (Wildman–Crippen LogP) is 3.68. The number of aryl methyl sites for hydroxylation is 1. The van der Waals surface area contributed by atoms with E-state index < -0.39 is 29.4 Å². The molecule has 1 heterocycles. The van der Waals surface area contributed by atoms with E-state index in [-0.39, 0.29) is 18.5 Å². The molecule has 1 N–H and O–H groups in total. The largest absolute Gasteiger partial charge is 0.365 e. The summed E-state index contributed by atoms with van der Waals surface area (Å²) in [4.78, 5) is 14.9. The van der Waals surface area contributed by atoms with Gasteiger partial charge in [0.2, 0.25) is 0 Å². The molecule has 0 aliphatic carbocycles. The number of carbonyl (C=O) groups excluding carboxylic acids is 1. The van der Waals surface area contributed by atoms with Gasteiger partial charge >= 0.3 is 0 Å². The zero-order valence-corrected chi connectivity index (χ0v) is 16.9. The van der Waals surface area contributed by atoms with Gasteiger partial charge in [0.05, 0.1) is 17.0 Å². The molecular formula is C20H23F2N3O2S. The van der Waals surface area contributed by atoms with E-state index in [0.29, 0.717) is 16.3 Å². The van der Waals surface area contributed by atoms with Gasteiger partial charge in [0, 0.05) is 24.3 Å². The quantitative estimate of drug-likeness (QED) is 0.823. The lowest BCUT2D eigenvalue weighted by Crippen LogP contribution is -2.27. The van der Waals surface area contributed by atoms with Crippen molar-refractivity contribution in [3.63, 3.8) is 0 Å². The van der Waals surface area contributed by atoms with Crippen molar-refractivity contribution in [2.24, 2.45) is 0 Å². The fourth-order valence-electron chi connectivity index (χ4n) is 3.07. The molecule has 5 nitrogen and oxygen atoms in total. The van der Waals surface area contributed by atoms with Crippen molar-refractivity contribution < 1.29 is 17.8 Å². The highest BCUT2D eigenvalue weighted by Gasteiger charge is 2.39. The fourth-order valence-corrected chi connectivity index (χ4v) is 3.89. The van der Waals surface area contributed by atoms with E-state index in [1.165, 1.54) is 15.3 Å². The summed E-state index contributed by atoms with van der Waals surface area (Å²) in [5, 5.41) is 2.80. The molecule has 0 bridgehead atoms. The second-order valence-corrected chi connectivity index (χ2v) is 8.79. The number of amides is 1. The lowest BCUT2D eigenvalue weighted by molar-refractivity contribution is 0.0257. The van der Waals surface area contributed by atoms with Crippen LogP contribution >= 0.6 is 0 Å². The van der Waals surface area contributed by atoms with E-state index >= 15 is 0 Å². The summed E-state index contributed by atoms with van der Waals surface area (Å²) < 4.78 is 41.4. The summed E-state index contributed by atoms with van der Waals surface area (Å²) in [5.74, 6) is -3.21. The normalized spacial score (nSPS) is 17.0. The summed E-state index contributed by atoms with van der Waals surface area (Å²) in [6.45, 7) is 1.67. The van der Waals surface area contributed by atoms with Crippen LogP contribution in [0, 0.1) is 6.92 Å². The summed E-state index contributed by atoms with van der Waals surface area (Å²) in [5.41, 5.74) is 2.31. The van der Waals surface area contributed by atoms with Gasteiger partial charge < -0.3 is 10.2 Å². The van der Waals surface area contributed by atoms with Crippen molar-refractivity contribution in [2.75, 3.05) is 37.4 Å². The monoisotopic (exact) mass is 407 g/mol. The Balaban J connectivity index is 1.96. The molecular weight excluding hydrogens is 384 g/mol. The lowest BCUT2D eigenvalue weighted by Gasteiger charge is -2.22. The van der Waals surface area contributed by atoms with Gasteiger partial charge in [-0.15, -0.1) is 0 Å². The van der Waals surface area contributed by atoms with Crippen LogP contribution in [0.5, 0.6) is 0 Å². The fraction of sp³-hybridized carbons (Fsp3) is 0.350. The van der Waals surface area contributed by atoms with E-state index in [1.54, 1.807) is 38.4 Å². The summed E-state index contributed by atoms with van der Waals surface area (Å²) in [6.07, 6.45) is -0.253. The zero-order valence-electron chi connectivity index (χ0n) is 16.0. The molecule has 2 aromatic rings. The van der Waals surface area contributed by atoms with Crippen LogP contribution in [0.15, 0.2) is 47.4 Å². The third-order valence-electron chi connectivity index (χ3n) is 4.57. The van der Waals surface area contributed by atoms with Gasteiger partial charge in [-0.3, -0.25) is 4.79 Å². The van der Waals surface area contributed by atoms with Crippen LogP contribution in [0.3, 0.4) is 0 Å². The SMILES string of the molecule is Cc1ccc(NC(=O)c2cc(S(=O)N(C)C)ccc2N2CCC(F)(F)C2)cc1. The summed E-state index contributed by atoms with van der Waals surface area (Å²) >= 11 is 0. The summed E-state index contributed by atoms with van der Waals surface area (Å²) in [6, 6.07) is 12.0. The second-order valence-electron chi connectivity index (χ2n) is 7.09. The van der Waals surface area contributed by atoms with Gasteiger partial charge in [-0.1, -0.05) is 17.7 Å². The molecule has 3 rings (SSSR count). The van der Waals surface area contributed by atoms with Gasteiger partial charge in [0.15, 0.2) is 0 Å². The first-order valence-electron chi connectivity index (χ1n) is 8.90. The van der Waals surface area contributed by atoms with Crippen molar-refractivity contribution >= 4 is 28.3 Å². The molecule has 2 aromatic carbocycles. The molecule has 0 aromatic heterocycles. The van der Waals surface area contributed by atoms with Crippen LogP contribution in [0.1, 0.15) is 22.3 Å². The minimum atomic E-state index is -2.78. The van der Waals surface area contributed by atoms with E-state index in [0.717, 1.165) is 5.56 Å². The molecule has 1 saturated heterocycles. The number of nitrogens with zero attached hydrogens (tertiary/aromatic N) is 2. The minimum Gasteiger partial charge on any atom is -0.365 e. The number of nitrogens with one attached hydrogen (secondary N) is 1. The van der Waals surface area contributed by atoms with Crippen molar-refractivity contribution in [1.29, 1.82) is 0 Å². The molecule has 1 atom stereocenters. The van der Waals surface area contributed by atoms with E-state index in [9.17, 15) is 17.8 Å². The van der Waals surface area contributed by atoms with Crippen LogP contribution in [-0.2, 0) is 11.0 Å². The minimum absolute atomic E-state index is 0.161. The first kappa shape index (κ1) is 20.4. The number of hydrogen-bond acceptors (Lipinski definition) is 3. The van der Waals surface area contributed by atoms with Crippen molar-refractivity contribution in [3.05, 3.63) is 53.6 Å². The average molecular weight is 407 g/mol. The van der Waals surface area contributed by atoms with Crippen LogP contribution in [-0.4, -0.2) is 47.5 Å². The summed E-state index contributed by atoms with van der Waals surface area (Å²) in [7, 11) is 1.88. The molecule has 28 heavy (non-hydrogen) atoms. The van der Waals surface area contributed by atoms with Gasteiger partial charge in [-0.25, -0.2) is 17.3 Å². The predicted molar refractivity (Wildman–Crippen MR) is 107 cm³/mol. The maximum absolute atomic E-state index is 13.7. The Morgan fingerprint density at radius 2 is 1.86 bits per heavy atom. The standard InChI is InChI=1S/C20H23F2N3O2S/c1-14-4-6-15(7-5-14)23-19(26)17-12-16(28(27)24(2)3)8-9-18(17)25-11-10-20(21,22)13-25/h4-9,12H,10-11,13H2,1-3H3,(H,23,26). The first-order valence-corrected chi connectivity index (χ1v) is 10.0. The molecule has 0 saturated carbocycles. The Labute approximate surface area is 165 Å². The molecule has 1 aliphatic heterocycles. The van der Waals surface area contributed by atoms with Crippen LogP contribution in [0.25, 0.3) is 0 Å². The Morgan fingerprint density at radius 3 is 2.43 bits per heavy atom.